The number of ether oxygens (including phenoxy) is 1. The van der Waals surface area contributed by atoms with Gasteiger partial charge in [0.15, 0.2) is 0 Å². The molecule has 4 heteroatoms. The third-order valence-corrected chi connectivity index (χ3v) is 3.46. The molecule has 0 unspecified atom stereocenters. The third kappa shape index (κ3) is 3.73. The summed E-state index contributed by atoms with van der Waals surface area (Å²) in [5.74, 6) is 0.654. The number of rotatable bonds is 3. The van der Waals surface area contributed by atoms with Crippen LogP contribution >= 0.6 is 0 Å². The van der Waals surface area contributed by atoms with Gasteiger partial charge in [0.25, 0.3) is 0 Å². The maximum absolute atomic E-state index is 12.4. The van der Waals surface area contributed by atoms with Gasteiger partial charge in [0, 0.05) is 13.2 Å². The predicted octanol–water partition coefficient (Wildman–Crippen LogP) is 4.06. The lowest BCUT2D eigenvalue weighted by atomic mass is 9.92. The Labute approximate surface area is 105 Å². The molecule has 2 rings (SSSR count). The number of alkyl halides is 3. The second kappa shape index (κ2) is 5.74. The van der Waals surface area contributed by atoms with E-state index in [9.17, 15) is 13.2 Å². The molecule has 100 valence electrons. The molecule has 0 saturated carbocycles. The van der Waals surface area contributed by atoms with Gasteiger partial charge in [-0.25, -0.2) is 0 Å². The smallest absolute Gasteiger partial charge is 0.381 e. The van der Waals surface area contributed by atoms with Crippen molar-refractivity contribution in [1.29, 1.82) is 0 Å². The minimum atomic E-state index is -4.24. The third-order valence-electron chi connectivity index (χ3n) is 3.46. The summed E-state index contributed by atoms with van der Waals surface area (Å²) in [7, 11) is 0. The number of aryl methyl sites for hydroxylation is 1. The van der Waals surface area contributed by atoms with E-state index in [0.717, 1.165) is 44.5 Å². The SMILES string of the molecule is FC(F)(F)c1ccc(CCC2CCOCC2)cc1. The molecule has 18 heavy (non-hydrogen) atoms. The monoisotopic (exact) mass is 258 g/mol. The predicted molar refractivity (Wildman–Crippen MR) is 63.3 cm³/mol. The van der Waals surface area contributed by atoms with Crippen molar-refractivity contribution in [2.45, 2.75) is 31.9 Å². The van der Waals surface area contributed by atoms with Crippen LogP contribution in [0.1, 0.15) is 30.4 Å². The van der Waals surface area contributed by atoms with Crippen molar-refractivity contribution in [3.63, 3.8) is 0 Å². The zero-order valence-electron chi connectivity index (χ0n) is 10.2. The lowest BCUT2D eigenvalue weighted by Crippen LogP contribution is -2.16. The highest BCUT2D eigenvalue weighted by Gasteiger charge is 2.29. The highest BCUT2D eigenvalue weighted by atomic mass is 19.4. The topological polar surface area (TPSA) is 9.23 Å². The Morgan fingerprint density at radius 3 is 2.22 bits per heavy atom. The average Bonchev–Trinajstić information content (AvgIpc) is 2.37. The van der Waals surface area contributed by atoms with Crippen molar-refractivity contribution in [1.82, 2.24) is 0 Å². The van der Waals surface area contributed by atoms with E-state index in [1.54, 1.807) is 12.1 Å². The quantitative estimate of drug-likeness (QED) is 0.794. The van der Waals surface area contributed by atoms with E-state index in [4.69, 9.17) is 4.74 Å². The Balaban J connectivity index is 1.86. The van der Waals surface area contributed by atoms with E-state index >= 15 is 0 Å². The summed E-state index contributed by atoms with van der Waals surface area (Å²) in [6.45, 7) is 1.63. The van der Waals surface area contributed by atoms with Crippen molar-refractivity contribution >= 4 is 0 Å². The van der Waals surface area contributed by atoms with Gasteiger partial charge < -0.3 is 4.74 Å². The van der Waals surface area contributed by atoms with E-state index in [1.165, 1.54) is 12.1 Å². The van der Waals surface area contributed by atoms with Crippen molar-refractivity contribution in [2.24, 2.45) is 5.92 Å². The summed E-state index contributed by atoms with van der Waals surface area (Å²) in [4.78, 5) is 0. The molecule has 1 aliphatic rings. The van der Waals surface area contributed by atoms with Crippen LogP contribution < -0.4 is 0 Å². The van der Waals surface area contributed by atoms with Crippen molar-refractivity contribution in [2.75, 3.05) is 13.2 Å². The number of halogens is 3. The molecule has 1 aliphatic heterocycles. The van der Waals surface area contributed by atoms with Gasteiger partial charge in [-0.05, 0) is 49.3 Å². The van der Waals surface area contributed by atoms with Crippen LogP contribution in [-0.2, 0) is 17.3 Å². The Morgan fingerprint density at radius 2 is 1.67 bits per heavy atom. The van der Waals surface area contributed by atoms with Gasteiger partial charge in [0.05, 0.1) is 5.56 Å². The first-order valence-corrected chi connectivity index (χ1v) is 6.29. The van der Waals surface area contributed by atoms with Crippen LogP contribution in [0.25, 0.3) is 0 Å². The molecule has 1 saturated heterocycles. The van der Waals surface area contributed by atoms with E-state index in [0.29, 0.717) is 5.92 Å². The zero-order chi connectivity index (χ0) is 13.0. The van der Waals surface area contributed by atoms with E-state index < -0.39 is 11.7 Å². The minimum Gasteiger partial charge on any atom is -0.381 e. The first kappa shape index (κ1) is 13.4. The fourth-order valence-corrected chi connectivity index (χ4v) is 2.27. The molecule has 0 atom stereocenters. The van der Waals surface area contributed by atoms with Gasteiger partial charge in [-0.1, -0.05) is 12.1 Å². The van der Waals surface area contributed by atoms with Gasteiger partial charge >= 0.3 is 6.18 Å². The number of hydrogen-bond donors (Lipinski definition) is 0. The molecule has 1 heterocycles. The molecular weight excluding hydrogens is 241 g/mol. The standard InChI is InChI=1S/C14H17F3O/c15-14(16,17)13-5-3-11(4-6-13)1-2-12-7-9-18-10-8-12/h3-6,12H,1-2,7-10H2. The molecule has 1 fully saturated rings. The fraction of sp³-hybridized carbons (Fsp3) is 0.571. The van der Waals surface area contributed by atoms with Crippen LogP contribution in [-0.4, -0.2) is 13.2 Å². The Morgan fingerprint density at radius 1 is 1.06 bits per heavy atom. The first-order chi connectivity index (χ1) is 8.55. The minimum absolute atomic E-state index is 0.572. The molecule has 0 amide bonds. The van der Waals surface area contributed by atoms with Crippen LogP contribution in [0.15, 0.2) is 24.3 Å². The maximum Gasteiger partial charge on any atom is 0.416 e. The highest BCUT2D eigenvalue weighted by molar-refractivity contribution is 5.24. The molecule has 0 N–H and O–H groups in total. The number of benzene rings is 1. The van der Waals surface area contributed by atoms with Crippen molar-refractivity contribution in [3.8, 4) is 0 Å². The van der Waals surface area contributed by atoms with Gasteiger partial charge in [0.2, 0.25) is 0 Å². The maximum atomic E-state index is 12.4. The highest BCUT2D eigenvalue weighted by Crippen LogP contribution is 2.29. The largest absolute Gasteiger partial charge is 0.416 e. The molecule has 0 radical (unpaired) electrons. The summed E-state index contributed by atoms with van der Waals surface area (Å²) < 4.78 is 42.4. The van der Waals surface area contributed by atoms with E-state index in [1.807, 2.05) is 0 Å². The van der Waals surface area contributed by atoms with Crippen LogP contribution in [0.2, 0.25) is 0 Å². The van der Waals surface area contributed by atoms with Crippen molar-refractivity contribution in [3.05, 3.63) is 35.4 Å². The molecule has 1 aromatic carbocycles. The van der Waals surface area contributed by atoms with Gasteiger partial charge in [0.1, 0.15) is 0 Å². The van der Waals surface area contributed by atoms with E-state index in [-0.39, 0.29) is 0 Å². The summed E-state index contributed by atoms with van der Waals surface area (Å²) >= 11 is 0. The zero-order valence-corrected chi connectivity index (χ0v) is 10.2. The molecule has 0 aliphatic carbocycles. The second-order valence-corrected chi connectivity index (χ2v) is 4.79. The molecule has 0 aromatic heterocycles. The lowest BCUT2D eigenvalue weighted by Gasteiger charge is -2.21. The van der Waals surface area contributed by atoms with Gasteiger partial charge in [-0.3, -0.25) is 0 Å². The van der Waals surface area contributed by atoms with Gasteiger partial charge in [-0.15, -0.1) is 0 Å². The normalized spacial score (nSPS) is 17.9. The summed E-state index contributed by atoms with van der Waals surface area (Å²) in [5, 5.41) is 0. The Bertz CT molecular complexity index is 364. The molecular formula is C14H17F3O. The van der Waals surface area contributed by atoms with Crippen LogP contribution in [0.4, 0.5) is 13.2 Å². The molecule has 0 bridgehead atoms. The fourth-order valence-electron chi connectivity index (χ4n) is 2.27. The lowest BCUT2D eigenvalue weighted by molar-refractivity contribution is -0.137. The molecule has 1 aromatic rings. The average molecular weight is 258 g/mol. The molecule has 0 spiro atoms. The second-order valence-electron chi connectivity index (χ2n) is 4.79. The van der Waals surface area contributed by atoms with Gasteiger partial charge in [-0.2, -0.15) is 13.2 Å². The first-order valence-electron chi connectivity index (χ1n) is 6.29. The summed E-state index contributed by atoms with van der Waals surface area (Å²) in [6.07, 6.45) is -0.210. The Hall–Kier alpha value is -1.03. The summed E-state index contributed by atoms with van der Waals surface area (Å²) in [6, 6.07) is 5.50. The Kier molecular flexibility index (Phi) is 4.27. The van der Waals surface area contributed by atoms with Crippen LogP contribution in [0.5, 0.6) is 0 Å². The number of hydrogen-bond acceptors (Lipinski definition) is 1. The molecule has 1 nitrogen and oxygen atoms in total. The van der Waals surface area contributed by atoms with E-state index in [2.05, 4.69) is 0 Å². The summed E-state index contributed by atoms with van der Waals surface area (Å²) in [5.41, 5.74) is 0.409. The van der Waals surface area contributed by atoms with Crippen LogP contribution in [0, 0.1) is 5.92 Å². The van der Waals surface area contributed by atoms with Crippen molar-refractivity contribution < 1.29 is 17.9 Å². The van der Waals surface area contributed by atoms with Crippen LogP contribution in [0.3, 0.4) is 0 Å².